The Kier molecular flexibility index (Phi) is 5.18. The number of hydrogen-bond acceptors (Lipinski definition) is 5. The first-order valence-corrected chi connectivity index (χ1v) is 9.38. The average molecular weight is 374 g/mol. The molecule has 13 heteroatoms. The Morgan fingerprint density at radius 3 is 2.04 bits per heavy atom. The molecule has 0 fully saturated rings. The summed E-state index contributed by atoms with van der Waals surface area (Å²) in [5.41, 5.74) is -4.70. The molecule has 1 heterocycles. The molecule has 11 nitrogen and oxygen atoms in total. The summed E-state index contributed by atoms with van der Waals surface area (Å²) in [6.07, 6.45) is 0.448. The highest BCUT2D eigenvalue weighted by atomic mass is 31.2. The van der Waals surface area contributed by atoms with Crippen LogP contribution >= 0.6 is 15.2 Å². The van der Waals surface area contributed by atoms with Crippen LogP contribution in [0.3, 0.4) is 0 Å². The molecular formula is C10H16O11P2. The monoisotopic (exact) mass is 374 g/mol. The van der Waals surface area contributed by atoms with Gasteiger partial charge in [-0.05, 0) is 13.0 Å². The largest absolute Gasteiger partial charge is 0.493 e. The lowest BCUT2D eigenvalue weighted by atomic mass is 9.82. The average Bonchev–Trinajstić information content (AvgIpc) is 2.73. The maximum atomic E-state index is 11.9. The van der Waals surface area contributed by atoms with Gasteiger partial charge in [0.25, 0.3) is 0 Å². The van der Waals surface area contributed by atoms with Crippen molar-refractivity contribution in [2.24, 2.45) is 0 Å². The molecule has 23 heavy (non-hydrogen) atoms. The Bertz CT molecular complexity index is 621. The summed E-state index contributed by atoms with van der Waals surface area (Å²) in [5.74, 6) is -4.19. The maximum absolute atomic E-state index is 11.9. The van der Waals surface area contributed by atoms with Gasteiger partial charge < -0.3 is 34.5 Å². The van der Waals surface area contributed by atoms with Crippen LogP contribution in [-0.4, -0.2) is 58.1 Å². The molecule has 0 aromatic carbocycles. The number of carboxylic acid groups (broad SMARTS) is 2. The lowest BCUT2D eigenvalue weighted by molar-refractivity contribution is -0.149. The van der Waals surface area contributed by atoms with Crippen LogP contribution in [0.5, 0.6) is 0 Å². The molecule has 0 bridgehead atoms. The van der Waals surface area contributed by atoms with E-state index in [0.29, 0.717) is 0 Å². The van der Waals surface area contributed by atoms with Gasteiger partial charge >= 0.3 is 27.1 Å². The van der Waals surface area contributed by atoms with Gasteiger partial charge in [-0.25, -0.2) is 0 Å². The van der Waals surface area contributed by atoms with Crippen molar-refractivity contribution < 1.29 is 53.2 Å². The van der Waals surface area contributed by atoms with Crippen molar-refractivity contribution in [1.82, 2.24) is 0 Å². The van der Waals surface area contributed by atoms with E-state index in [2.05, 4.69) is 0 Å². The van der Waals surface area contributed by atoms with Crippen molar-refractivity contribution >= 4 is 27.1 Å². The summed E-state index contributed by atoms with van der Waals surface area (Å²) >= 11 is 0. The Morgan fingerprint density at radius 1 is 1.26 bits per heavy atom. The molecule has 1 aliphatic heterocycles. The van der Waals surface area contributed by atoms with Crippen LogP contribution in [0.15, 0.2) is 12.3 Å². The minimum Gasteiger partial charge on any atom is -0.493 e. The number of rotatable bonds is 7. The lowest BCUT2D eigenvalue weighted by Crippen LogP contribution is -2.59. The zero-order valence-corrected chi connectivity index (χ0v) is 13.6. The van der Waals surface area contributed by atoms with Crippen molar-refractivity contribution in [2.75, 3.05) is 0 Å². The molecule has 3 atom stereocenters. The van der Waals surface area contributed by atoms with Crippen LogP contribution in [0.1, 0.15) is 19.8 Å². The van der Waals surface area contributed by atoms with Crippen LogP contribution in [0.25, 0.3) is 0 Å². The van der Waals surface area contributed by atoms with E-state index in [4.69, 9.17) is 19.6 Å². The molecule has 1 rings (SSSR count). The standard InChI is InChI=1S/C10H16O11P2/c1-9(3-2-4-21-9)10(8(13)14,23(18,19)20)5-6(7(11)12)22(15,16)17/h2,4,6H,3,5H2,1H3,(H,11,12)(H,13,14)(H2,15,16,17)(H2,18,19,20). The fourth-order valence-corrected chi connectivity index (χ4v) is 4.87. The highest BCUT2D eigenvalue weighted by molar-refractivity contribution is 7.55. The van der Waals surface area contributed by atoms with Gasteiger partial charge in [0.15, 0.2) is 5.66 Å². The number of hydrogen-bond donors (Lipinski definition) is 6. The molecule has 6 N–H and O–H groups in total. The number of ether oxygens (including phenoxy) is 1. The molecule has 1 aliphatic rings. The minimum atomic E-state index is -5.61. The van der Waals surface area contributed by atoms with E-state index in [1.807, 2.05) is 0 Å². The normalized spacial score (nSPS) is 25.4. The minimum absolute atomic E-state index is 0.294. The van der Waals surface area contributed by atoms with Gasteiger partial charge in [0, 0.05) is 12.8 Å². The van der Waals surface area contributed by atoms with Crippen LogP contribution in [0.2, 0.25) is 0 Å². The summed E-state index contributed by atoms with van der Waals surface area (Å²) in [4.78, 5) is 60.2. The maximum Gasteiger partial charge on any atom is 0.347 e. The van der Waals surface area contributed by atoms with E-state index in [1.165, 1.54) is 6.08 Å². The van der Waals surface area contributed by atoms with E-state index in [9.17, 15) is 33.6 Å². The second-order valence-electron chi connectivity index (χ2n) is 5.28. The first-order valence-electron chi connectivity index (χ1n) is 6.09. The van der Waals surface area contributed by atoms with Crippen molar-refractivity contribution in [2.45, 2.75) is 36.2 Å². The summed E-state index contributed by atoms with van der Waals surface area (Å²) in [5, 5.41) is 15.2. The zero-order valence-electron chi connectivity index (χ0n) is 11.8. The summed E-state index contributed by atoms with van der Waals surface area (Å²) < 4.78 is 28.3. The van der Waals surface area contributed by atoms with Gasteiger partial charge in [0.1, 0.15) is 5.60 Å². The Balaban J connectivity index is 3.58. The van der Waals surface area contributed by atoms with Crippen molar-refractivity contribution in [3.63, 3.8) is 0 Å². The fourth-order valence-electron chi connectivity index (χ4n) is 2.50. The number of aliphatic carboxylic acids is 2. The zero-order chi connectivity index (χ0) is 18.3. The SMILES string of the molecule is CC1(C(CC(C(=O)O)P(=O)(O)O)(C(=O)O)P(=O)(O)O)CC=CO1. The van der Waals surface area contributed by atoms with Crippen LogP contribution in [-0.2, 0) is 23.5 Å². The third-order valence-corrected chi connectivity index (χ3v) is 6.89. The first-order chi connectivity index (χ1) is 10.2. The highest BCUT2D eigenvalue weighted by Gasteiger charge is 2.69. The fraction of sp³-hybridized carbons (Fsp3) is 0.600. The predicted molar refractivity (Wildman–Crippen MR) is 73.7 cm³/mol. The van der Waals surface area contributed by atoms with Gasteiger partial charge in [-0.2, -0.15) is 0 Å². The molecular weight excluding hydrogens is 358 g/mol. The predicted octanol–water partition coefficient (Wildman–Crippen LogP) is -0.299. The quantitative estimate of drug-likeness (QED) is 0.320. The molecule has 0 amide bonds. The van der Waals surface area contributed by atoms with Gasteiger partial charge in [-0.1, -0.05) is 0 Å². The highest BCUT2D eigenvalue weighted by Crippen LogP contribution is 2.63. The van der Waals surface area contributed by atoms with E-state index in [1.54, 1.807) is 0 Å². The molecule has 0 aromatic heterocycles. The Labute approximate surface area is 129 Å². The molecule has 0 saturated heterocycles. The summed E-state index contributed by atoms with van der Waals surface area (Å²) in [6.45, 7) is 1.03. The van der Waals surface area contributed by atoms with E-state index in [-0.39, 0.29) is 6.42 Å². The molecule has 132 valence electrons. The topological polar surface area (TPSA) is 199 Å². The second kappa shape index (κ2) is 6.01. The smallest absolute Gasteiger partial charge is 0.347 e. The van der Waals surface area contributed by atoms with Crippen molar-refractivity contribution in [3.8, 4) is 0 Å². The van der Waals surface area contributed by atoms with Crippen molar-refractivity contribution in [1.29, 1.82) is 0 Å². The Hall–Kier alpha value is -1.22. The van der Waals surface area contributed by atoms with Crippen molar-refractivity contribution in [3.05, 3.63) is 12.3 Å². The third-order valence-electron chi connectivity index (χ3n) is 3.84. The molecule has 0 spiro atoms. The molecule has 0 aliphatic carbocycles. The molecule has 0 radical (unpaired) electrons. The van der Waals surface area contributed by atoms with Gasteiger partial charge in [-0.15, -0.1) is 0 Å². The Morgan fingerprint density at radius 2 is 1.78 bits per heavy atom. The number of carbonyl (C=O) groups is 2. The van der Waals surface area contributed by atoms with Gasteiger partial charge in [-0.3, -0.25) is 18.7 Å². The summed E-state index contributed by atoms with van der Waals surface area (Å²) in [7, 11) is -11.0. The van der Waals surface area contributed by atoms with Gasteiger partial charge in [0.05, 0.1) is 6.26 Å². The van der Waals surface area contributed by atoms with Crippen LogP contribution in [0.4, 0.5) is 0 Å². The second-order valence-corrected chi connectivity index (χ2v) is 8.93. The van der Waals surface area contributed by atoms with Crippen LogP contribution in [0, 0.1) is 0 Å². The van der Waals surface area contributed by atoms with Gasteiger partial charge in [0.2, 0.25) is 5.16 Å². The first kappa shape index (κ1) is 19.8. The van der Waals surface area contributed by atoms with E-state index >= 15 is 0 Å². The molecule has 0 aromatic rings. The molecule has 0 saturated carbocycles. The lowest BCUT2D eigenvalue weighted by Gasteiger charge is -2.43. The molecule has 3 unspecified atom stereocenters. The number of carboxylic acids is 2. The third kappa shape index (κ3) is 3.35. The summed E-state index contributed by atoms with van der Waals surface area (Å²) in [6, 6.07) is 0. The van der Waals surface area contributed by atoms with E-state index < -0.39 is 50.0 Å². The van der Waals surface area contributed by atoms with Crippen LogP contribution < -0.4 is 0 Å². The van der Waals surface area contributed by atoms with E-state index in [0.717, 1.165) is 13.2 Å².